The lowest BCUT2D eigenvalue weighted by Gasteiger charge is -2.15. The van der Waals surface area contributed by atoms with Crippen molar-refractivity contribution in [1.29, 1.82) is 0 Å². The zero-order valence-corrected chi connectivity index (χ0v) is 16.6. The molecule has 0 saturated carbocycles. The molecule has 0 unspecified atom stereocenters. The van der Waals surface area contributed by atoms with Crippen molar-refractivity contribution in [3.63, 3.8) is 0 Å². The second-order valence-corrected chi connectivity index (χ2v) is 7.99. The van der Waals surface area contributed by atoms with Crippen molar-refractivity contribution < 1.29 is 4.57 Å². The van der Waals surface area contributed by atoms with Gasteiger partial charge in [0.25, 0.3) is 0 Å². The van der Waals surface area contributed by atoms with Gasteiger partial charge in [-0.15, -0.1) is 0 Å². The average molecular weight is 343 g/mol. The fourth-order valence-corrected chi connectivity index (χ4v) is 3.72. The Hall–Kier alpha value is -2.66. The van der Waals surface area contributed by atoms with Crippen molar-refractivity contribution in [2.75, 3.05) is 0 Å². The summed E-state index contributed by atoms with van der Waals surface area (Å²) in [5.74, 6) is 0. The molecule has 3 rings (SSSR count). The van der Waals surface area contributed by atoms with Crippen molar-refractivity contribution in [2.45, 2.75) is 46.6 Å². The maximum atomic E-state index is 7.53. The molecule has 0 saturated heterocycles. The molecule has 0 atom stereocenters. The van der Waals surface area contributed by atoms with Gasteiger partial charge in [-0.25, -0.2) is 6.57 Å². The van der Waals surface area contributed by atoms with Gasteiger partial charge in [0.05, 0.1) is 6.42 Å². The Balaban J connectivity index is 2.35. The highest BCUT2D eigenvalue weighted by atomic mass is 14.9. The molecule has 2 nitrogen and oxygen atoms in total. The predicted octanol–water partition coefficient (Wildman–Crippen LogP) is 5.50. The van der Waals surface area contributed by atoms with Crippen LogP contribution in [0.3, 0.4) is 0 Å². The van der Waals surface area contributed by atoms with Crippen molar-refractivity contribution >= 4 is 10.9 Å². The summed E-state index contributed by atoms with van der Waals surface area (Å²) in [6.07, 6.45) is 0.745. The third-order valence-electron chi connectivity index (χ3n) is 5.30. The van der Waals surface area contributed by atoms with Gasteiger partial charge in [-0.2, -0.15) is 4.57 Å². The summed E-state index contributed by atoms with van der Waals surface area (Å²) in [5, 5.41) is 1.23. The molecule has 3 aromatic rings. The highest BCUT2D eigenvalue weighted by molar-refractivity contribution is 5.82. The summed E-state index contributed by atoms with van der Waals surface area (Å²) in [6, 6.07) is 15.3. The van der Waals surface area contributed by atoms with Crippen molar-refractivity contribution in [3.05, 3.63) is 76.1 Å². The molecule has 0 bridgehead atoms. The molecule has 132 valence electrons. The van der Waals surface area contributed by atoms with Gasteiger partial charge >= 0.3 is 0 Å². The van der Waals surface area contributed by atoms with E-state index in [1.165, 1.54) is 44.4 Å². The summed E-state index contributed by atoms with van der Waals surface area (Å²) in [6.45, 7) is 18.1. The summed E-state index contributed by atoms with van der Waals surface area (Å²) < 4.78 is 2.28. The standard InChI is InChI=1S/C24H27N2/c1-16-12-17(2)18(3)21(13-16)23-14-19(15-24(4,5)25-6)20-10-8-9-11-22(20)26(23)7/h8-14H,15H2,1-5,7H3/q+1. The van der Waals surface area contributed by atoms with Crippen LogP contribution in [-0.2, 0) is 13.5 Å². The van der Waals surface area contributed by atoms with Gasteiger partial charge in [-0.1, -0.05) is 23.8 Å². The van der Waals surface area contributed by atoms with Crippen LogP contribution in [0.4, 0.5) is 0 Å². The Labute approximate surface area is 156 Å². The van der Waals surface area contributed by atoms with Gasteiger partial charge in [0, 0.05) is 36.9 Å². The van der Waals surface area contributed by atoms with E-state index >= 15 is 0 Å². The average Bonchev–Trinajstić information content (AvgIpc) is 2.60. The Bertz CT molecular complexity index is 1040. The molecule has 0 spiro atoms. The zero-order chi connectivity index (χ0) is 19.1. The van der Waals surface area contributed by atoms with Gasteiger partial charge in [-0.05, 0) is 49.6 Å². The highest BCUT2D eigenvalue weighted by Gasteiger charge is 2.28. The Morgan fingerprint density at radius 2 is 1.73 bits per heavy atom. The predicted molar refractivity (Wildman–Crippen MR) is 109 cm³/mol. The first-order chi connectivity index (χ1) is 12.2. The minimum absolute atomic E-state index is 0.405. The second-order valence-electron chi connectivity index (χ2n) is 7.99. The van der Waals surface area contributed by atoms with E-state index in [2.05, 4.69) is 79.7 Å². The number of hydrogen-bond acceptors (Lipinski definition) is 0. The summed E-state index contributed by atoms with van der Waals surface area (Å²) in [5.41, 5.74) is 8.44. The summed E-state index contributed by atoms with van der Waals surface area (Å²) >= 11 is 0. The van der Waals surface area contributed by atoms with E-state index in [0.29, 0.717) is 0 Å². The van der Waals surface area contributed by atoms with E-state index in [1.807, 2.05) is 13.8 Å². The number of rotatable bonds is 3. The number of aryl methyl sites for hydroxylation is 3. The van der Waals surface area contributed by atoms with Crippen molar-refractivity contribution in [1.82, 2.24) is 0 Å². The number of nitrogens with zero attached hydrogens (tertiary/aromatic N) is 2. The first-order valence-corrected chi connectivity index (χ1v) is 9.11. The number of benzene rings is 2. The zero-order valence-electron chi connectivity index (χ0n) is 16.6. The molecule has 0 radical (unpaired) electrons. The van der Waals surface area contributed by atoms with Crippen LogP contribution < -0.4 is 4.57 Å². The van der Waals surface area contributed by atoms with Crippen LogP contribution in [0.1, 0.15) is 36.1 Å². The van der Waals surface area contributed by atoms with E-state index in [-0.39, 0.29) is 0 Å². The molecular formula is C24H27N2+. The van der Waals surface area contributed by atoms with Crippen LogP contribution in [0.25, 0.3) is 27.0 Å². The number of fused-ring (bicyclic) bond motifs is 1. The Kier molecular flexibility index (Phi) is 4.59. The lowest BCUT2D eigenvalue weighted by atomic mass is 9.90. The van der Waals surface area contributed by atoms with Crippen molar-refractivity contribution in [3.8, 4) is 11.3 Å². The molecule has 0 aliphatic heterocycles. The van der Waals surface area contributed by atoms with Gasteiger partial charge in [-0.3, -0.25) is 0 Å². The maximum absolute atomic E-state index is 7.53. The summed E-state index contributed by atoms with van der Waals surface area (Å²) in [7, 11) is 2.14. The monoisotopic (exact) mass is 343 g/mol. The molecule has 0 fully saturated rings. The lowest BCUT2D eigenvalue weighted by Crippen LogP contribution is -2.33. The van der Waals surface area contributed by atoms with Crippen LogP contribution in [0, 0.1) is 27.3 Å². The fourth-order valence-electron chi connectivity index (χ4n) is 3.72. The SMILES string of the molecule is [C-]#[N+]C(C)(C)Cc1cc(-c2cc(C)cc(C)c2C)[n+](C)c2ccccc12. The van der Waals surface area contributed by atoms with E-state index in [0.717, 1.165) is 6.42 Å². The Morgan fingerprint density at radius 3 is 2.42 bits per heavy atom. The van der Waals surface area contributed by atoms with E-state index in [9.17, 15) is 0 Å². The molecular weight excluding hydrogens is 316 g/mol. The van der Waals surface area contributed by atoms with Gasteiger partial charge < -0.3 is 4.85 Å². The Morgan fingerprint density at radius 1 is 1.04 bits per heavy atom. The molecule has 0 aliphatic carbocycles. The number of pyridine rings is 1. The molecule has 0 aliphatic rings. The molecule has 26 heavy (non-hydrogen) atoms. The highest BCUT2D eigenvalue weighted by Crippen LogP contribution is 2.30. The number of hydrogen-bond donors (Lipinski definition) is 0. The van der Waals surface area contributed by atoms with Crippen LogP contribution in [0.2, 0.25) is 0 Å². The van der Waals surface area contributed by atoms with Crippen LogP contribution in [0.15, 0.2) is 42.5 Å². The molecule has 2 aromatic carbocycles. The smallest absolute Gasteiger partial charge is 0.231 e. The minimum atomic E-state index is -0.405. The van der Waals surface area contributed by atoms with Gasteiger partial charge in [0.15, 0.2) is 0 Å². The maximum Gasteiger partial charge on any atom is 0.231 e. The minimum Gasteiger partial charge on any atom is -0.311 e. The largest absolute Gasteiger partial charge is 0.311 e. The molecule has 2 heteroatoms. The van der Waals surface area contributed by atoms with E-state index in [4.69, 9.17) is 6.57 Å². The van der Waals surface area contributed by atoms with Gasteiger partial charge in [0.1, 0.15) is 7.05 Å². The molecule has 0 N–H and O–H groups in total. The second kappa shape index (κ2) is 6.57. The van der Waals surface area contributed by atoms with Crippen molar-refractivity contribution in [2.24, 2.45) is 7.05 Å². The van der Waals surface area contributed by atoms with Gasteiger partial charge in [0.2, 0.25) is 16.7 Å². The number of para-hydroxylation sites is 1. The lowest BCUT2D eigenvalue weighted by molar-refractivity contribution is -0.633. The third kappa shape index (κ3) is 3.22. The third-order valence-corrected chi connectivity index (χ3v) is 5.30. The molecule has 1 heterocycles. The first kappa shape index (κ1) is 18.1. The summed E-state index contributed by atoms with van der Waals surface area (Å²) in [4.78, 5) is 3.84. The van der Waals surface area contributed by atoms with Crippen LogP contribution in [0.5, 0.6) is 0 Å². The normalized spacial score (nSPS) is 11.6. The topological polar surface area (TPSA) is 8.24 Å². The quantitative estimate of drug-likeness (QED) is 0.438. The molecule has 1 aromatic heterocycles. The fraction of sp³-hybridized carbons (Fsp3) is 0.333. The number of aromatic nitrogens is 1. The van der Waals surface area contributed by atoms with Crippen LogP contribution >= 0.6 is 0 Å². The molecule has 0 amide bonds. The van der Waals surface area contributed by atoms with E-state index in [1.54, 1.807) is 0 Å². The van der Waals surface area contributed by atoms with E-state index < -0.39 is 5.54 Å². The van der Waals surface area contributed by atoms with Crippen LogP contribution in [-0.4, -0.2) is 5.54 Å². The first-order valence-electron chi connectivity index (χ1n) is 9.11.